The molecule has 0 saturated heterocycles. The molecule has 4 rings (SSSR count). The van der Waals surface area contributed by atoms with Crippen molar-refractivity contribution in [2.45, 2.75) is 64.1 Å². The summed E-state index contributed by atoms with van der Waals surface area (Å²) in [4.78, 5) is 29.8. The molecule has 0 radical (unpaired) electrons. The van der Waals surface area contributed by atoms with E-state index >= 15 is 0 Å². The van der Waals surface area contributed by atoms with Gasteiger partial charge in [0.25, 0.3) is 0 Å². The molecule has 0 heterocycles. The Labute approximate surface area is 252 Å². The number of nitrogens with zero attached hydrogens (tertiary/aromatic N) is 2. The van der Waals surface area contributed by atoms with Crippen LogP contribution >= 0.6 is 15.9 Å². The maximum Gasteiger partial charge on any atom is 0.244 e. The molecule has 3 aromatic carbocycles. The molecule has 1 N–H and O–H groups in total. The summed E-state index contributed by atoms with van der Waals surface area (Å²) in [6.07, 6.45) is 6.53. The number of rotatable bonds is 11. The summed E-state index contributed by atoms with van der Waals surface area (Å²) in [7, 11) is -3.81. The quantitative estimate of drug-likeness (QED) is 0.295. The molecule has 218 valence electrons. The summed E-state index contributed by atoms with van der Waals surface area (Å²) in [6.45, 7) is 1.72. The van der Waals surface area contributed by atoms with E-state index in [4.69, 9.17) is 0 Å². The highest BCUT2D eigenvalue weighted by Gasteiger charge is 2.34. The van der Waals surface area contributed by atoms with Crippen molar-refractivity contribution >= 4 is 43.5 Å². The van der Waals surface area contributed by atoms with Crippen molar-refractivity contribution in [3.63, 3.8) is 0 Å². The van der Waals surface area contributed by atoms with Crippen molar-refractivity contribution in [1.82, 2.24) is 10.2 Å². The molecule has 41 heavy (non-hydrogen) atoms. The van der Waals surface area contributed by atoms with Gasteiger partial charge in [0.05, 0.1) is 11.9 Å². The van der Waals surface area contributed by atoms with E-state index in [-0.39, 0.29) is 18.5 Å². The number of aryl methyl sites for hydroxylation is 1. The number of anilines is 1. The Morgan fingerprint density at radius 2 is 1.63 bits per heavy atom. The third-order valence-electron chi connectivity index (χ3n) is 7.60. The zero-order valence-corrected chi connectivity index (χ0v) is 26.0. The molecule has 1 aliphatic rings. The Kier molecular flexibility index (Phi) is 10.6. The van der Waals surface area contributed by atoms with E-state index in [1.165, 1.54) is 0 Å². The molecule has 1 atom stereocenters. The highest BCUT2D eigenvalue weighted by atomic mass is 79.9. The Hall–Kier alpha value is -3.17. The van der Waals surface area contributed by atoms with E-state index < -0.39 is 28.5 Å². The van der Waals surface area contributed by atoms with E-state index in [2.05, 4.69) is 21.2 Å². The summed E-state index contributed by atoms with van der Waals surface area (Å²) >= 11 is 3.40. The van der Waals surface area contributed by atoms with Crippen molar-refractivity contribution in [2.75, 3.05) is 17.1 Å². The molecule has 0 aromatic heterocycles. The first-order valence-corrected chi connectivity index (χ1v) is 16.7. The Morgan fingerprint density at radius 3 is 2.29 bits per heavy atom. The van der Waals surface area contributed by atoms with Gasteiger partial charge in [0.1, 0.15) is 12.6 Å². The fourth-order valence-corrected chi connectivity index (χ4v) is 6.54. The van der Waals surface area contributed by atoms with Gasteiger partial charge >= 0.3 is 0 Å². The smallest absolute Gasteiger partial charge is 0.244 e. The molecule has 0 unspecified atom stereocenters. The van der Waals surface area contributed by atoms with E-state index in [0.29, 0.717) is 16.6 Å². The predicted molar refractivity (Wildman–Crippen MR) is 167 cm³/mol. The van der Waals surface area contributed by atoms with Crippen LogP contribution in [0.5, 0.6) is 0 Å². The fraction of sp³-hybridized carbons (Fsp3) is 0.375. The first kappa shape index (κ1) is 30.8. The van der Waals surface area contributed by atoms with Gasteiger partial charge in [-0.15, -0.1) is 0 Å². The Morgan fingerprint density at radius 1 is 0.951 bits per heavy atom. The SMILES string of the molecule is Cc1ccccc1CN(C(=O)CN(c1cccc(Br)c1)S(C)(=O)=O)[C@@H](Cc1ccccc1)C(=O)NC1CCCCC1. The first-order valence-electron chi connectivity index (χ1n) is 14.0. The topological polar surface area (TPSA) is 86.8 Å². The average molecular weight is 641 g/mol. The van der Waals surface area contributed by atoms with Crippen LogP contribution in [-0.4, -0.2) is 50.0 Å². The minimum atomic E-state index is -3.81. The number of hydrogen-bond donors (Lipinski definition) is 1. The Balaban J connectivity index is 1.73. The molecule has 1 fully saturated rings. The van der Waals surface area contributed by atoms with Crippen LogP contribution in [-0.2, 0) is 32.6 Å². The molecule has 0 spiro atoms. The van der Waals surface area contributed by atoms with E-state index in [1.54, 1.807) is 29.2 Å². The first-order chi connectivity index (χ1) is 19.6. The Bertz CT molecular complexity index is 1440. The lowest BCUT2D eigenvalue weighted by atomic mass is 9.94. The molecule has 0 aliphatic heterocycles. The van der Waals surface area contributed by atoms with Gasteiger partial charge in [0.15, 0.2) is 0 Å². The number of halogens is 1. The van der Waals surface area contributed by atoms with Crippen molar-refractivity contribution in [3.8, 4) is 0 Å². The van der Waals surface area contributed by atoms with Gasteiger partial charge in [-0.2, -0.15) is 0 Å². The minimum absolute atomic E-state index is 0.0686. The standard InChI is InChI=1S/C32H38BrN3O4S/c1-24-12-9-10-15-26(24)22-35(31(37)23-36(41(2,39)40)29-19-11-16-27(33)21-29)30(20-25-13-5-3-6-14-25)32(38)34-28-17-7-4-8-18-28/h3,5-6,9-16,19,21,28,30H,4,7-8,17-18,20,22-23H2,1-2H3,(H,34,38)/t30-/m0/s1. The van der Waals surface area contributed by atoms with Gasteiger partial charge in [-0.05, 0) is 54.7 Å². The maximum absolute atomic E-state index is 14.2. The van der Waals surface area contributed by atoms with Gasteiger partial charge in [-0.25, -0.2) is 8.42 Å². The van der Waals surface area contributed by atoms with Crippen molar-refractivity contribution in [3.05, 3.63) is 100 Å². The van der Waals surface area contributed by atoms with E-state index in [0.717, 1.165) is 59.4 Å². The van der Waals surface area contributed by atoms with Crippen LogP contribution in [0.4, 0.5) is 5.69 Å². The van der Waals surface area contributed by atoms with Gasteiger partial charge in [0, 0.05) is 23.5 Å². The molecular formula is C32H38BrN3O4S. The molecule has 3 aromatic rings. The van der Waals surface area contributed by atoms with Crippen LogP contribution in [0.25, 0.3) is 0 Å². The van der Waals surface area contributed by atoms with Crippen LogP contribution in [0.1, 0.15) is 48.8 Å². The number of hydrogen-bond acceptors (Lipinski definition) is 4. The van der Waals surface area contributed by atoms with E-state index in [9.17, 15) is 18.0 Å². The molecule has 1 aliphatic carbocycles. The largest absolute Gasteiger partial charge is 0.352 e. The average Bonchev–Trinajstić information content (AvgIpc) is 2.95. The van der Waals surface area contributed by atoms with Crippen molar-refractivity contribution in [1.29, 1.82) is 0 Å². The van der Waals surface area contributed by atoms with Gasteiger partial charge in [-0.1, -0.05) is 95.9 Å². The highest BCUT2D eigenvalue weighted by Crippen LogP contribution is 2.24. The van der Waals surface area contributed by atoms with Gasteiger partial charge in [0.2, 0.25) is 21.8 Å². The molecular weight excluding hydrogens is 602 g/mol. The van der Waals surface area contributed by atoms with Gasteiger partial charge in [-0.3, -0.25) is 13.9 Å². The zero-order chi connectivity index (χ0) is 29.4. The van der Waals surface area contributed by atoms with E-state index in [1.807, 2.05) is 61.5 Å². The summed E-state index contributed by atoms with van der Waals surface area (Å²) in [6, 6.07) is 23.5. The minimum Gasteiger partial charge on any atom is -0.352 e. The fourth-order valence-electron chi connectivity index (χ4n) is 5.31. The summed E-state index contributed by atoms with van der Waals surface area (Å²) < 4.78 is 27.7. The lowest BCUT2D eigenvalue weighted by molar-refractivity contribution is -0.140. The van der Waals surface area contributed by atoms with Crippen LogP contribution in [0.3, 0.4) is 0 Å². The second-order valence-electron chi connectivity index (χ2n) is 10.7. The third-order valence-corrected chi connectivity index (χ3v) is 9.23. The van der Waals surface area contributed by atoms with Gasteiger partial charge < -0.3 is 10.2 Å². The second-order valence-corrected chi connectivity index (χ2v) is 13.6. The van der Waals surface area contributed by atoms with Crippen LogP contribution in [0.15, 0.2) is 83.3 Å². The van der Waals surface area contributed by atoms with Crippen LogP contribution in [0, 0.1) is 6.92 Å². The molecule has 1 saturated carbocycles. The molecule has 9 heteroatoms. The summed E-state index contributed by atoms with van der Waals surface area (Å²) in [5, 5.41) is 3.23. The highest BCUT2D eigenvalue weighted by molar-refractivity contribution is 9.10. The van der Waals surface area contributed by atoms with Crippen molar-refractivity contribution in [2.24, 2.45) is 0 Å². The number of amides is 2. The summed E-state index contributed by atoms with van der Waals surface area (Å²) in [5.74, 6) is -0.658. The zero-order valence-electron chi connectivity index (χ0n) is 23.6. The lowest BCUT2D eigenvalue weighted by Crippen LogP contribution is -2.55. The lowest BCUT2D eigenvalue weighted by Gasteiger charge is -2.35. The van der Waals surface area contributed by atoms with Crippen molar-refractivity contribution < 1.29 is 18.0 Å². The molecule has 7 nitrogen and oxygen atoms in total. The third kappa shape index (κ3) is 8.66. The maximum atomic E-state index is 14.2. The number of benzene rings is 3. The number of carbonyl (C=O) groups excluding carboxylic acids is 2. The molecule has 2 amide bonds. The van der Waals surface area contributed by atoms with Crippen LogP contribution < -0.4 is 9.62 Å². The number of sulfonamides is 1. The monoisotopic (exact) mass is 639 g/mol. The second kappa shape index (κ2) is 14.1. The summed E-state index contributed by atoms with van der Waals surface area (Å²) in [5.41, 5.74) is 3.18. The normalized spacial score (nSPS) is 14.7. The number of nitrogens with one attached hydrogen (secondary N) is 1. The molecule has 0 bridgehead atoms. The number of carbonyl (C=O) groups is 2. The predicted octanol–water partition coefficient (Wildman–Crippen LogP) is 5.61. The van der Waals surface area contributed by atoms with Crippen LogP contribution in [0.2, 0.25) is 0 Å².